The Labute approximate surface area is 228 Å². The van der Waals surface area contributed by atoms with Gasteiger partial charge in [-0.05, 0) is 40.5 Å². The van der Waals surface area contributed by atoms with Crippen LogP contribution in [0.4, 0.5) is 0 Å². The van der Waals surface area contributed by atoms with Crippen molar-refractivity contribution in [3.05, 3.63) is 139 Å². The number of hydrogen-bond donors (Lipinski definition) is 0. The minimum Gasteiger partial charge on any atom is -0.256 e. The summed E-state index contributed by atoms with van der Waals surface area (Å²) in [4.78, 5) is 14.7. The van der Waals surface area contributed by atoms with E-state index in [-0.39, 0.29) is 5.41 Å². The normalized spacial score (nSPS) is 13.1. The van der Waals surface area contributed by atoms with Crippen LogP contribution in [0.1, 0.15) is 25.0 Å². The van der Waals surface area contributed by atoms with Crippen molar-refractivity contribution in [3.8, 4) is 56.3 Å². The molecule has 0 radical (unpaired) electrons. The van der Waals surface area contributed by atoms with Gasteiger partial charge in [-0.2, -0.15) is 0 Å². The van der Waals surface area contributed by atoms with Crippen molar-refractivity contribution in [1.82, 2.24) is 15.0 Å². The van der Waals surface area contributed by atoms with Crippen LogP contribution in [0.25, 0.3) is 56.3 Å². The van der Waals surface area contributed by atoms with Gasteiger partial charge in [0.05, 0.1) is 17.1 Å². The van der Waals surface area contributed by atoms with Crippen molar-refractivity contribution < 1.29 is 0 Å². The van der Waals surface area contributed by atoms with Crippen LogP contribution in [0, 0.1) is 0 Å². The quantitative estimate of drug-likeness (QED) is 0.242. The SMILES string of the molecule is CC1(C)c2ccccc2-c2c(-c3cc(-c4ccccc4)nc(-c4ccc(-c5ccccn5)cc4)n3)cccc21. The summed E-state index contributed by atoms with van der Waals surface area (Å²) in [6.07, 6.45) is 1.82. The highest BCUT2D eigenvalue weighted by Crippen LogP contribution is 2.51. The molecule has 0 atom stereocenters. The number of benzene rings is 4. The molecule has 2 aromatic heterocycles. The first kappa shape index (κ1) is 23.2. The summed E-state index contributed by atoms with van der Waals surface area (Å²) in [6.45, 7) is 4.62. The van der Waals surface area contributed by atoms with Gasteiger partial charge in [-0.25, -0.2) is 9.97 Å². The number of nitrogens with zero attached hydrogens (tertiary/aromatic N) is 3. The van der Waals surface area contributed by atoms with Gasteiger partial charge in [-0.15, -0.1) is 0 Å². The summed E-state index contributed by atoms with van der Waals surface area (Å²) in [5, 5.41) is 0. The monoisotopic (exact) mass is 501 g/mol. The van der Waals surface area contributed by atoms with Crippen LogP contribution >= 0.6 is 0 Å². The second-order valence-corrected chi connectivity index (χ2v) is 10.5. The van der Waals surface area contributed by atoms with E-state index in [1.54, 1.807) is 0 Å². The maximum absolute atomic E-state index is 5.17. The second kappa shape index (κ2) is 9.14. The van der Waals surface area contributed by atoms with E-state index >= 15 is 0 Å². The molecule has 4 aromatic carbocycles. The number of hydrogen-bond acceptors (Lipinski definition) is 3. The van der Waals surface area contributed by atoms with Crippen LogP contribution in [0.3, 0.4) is 0 Å². The molecule has 0 aliphatic heterocycles. The molecule has 0 saturated heterocycles. The molecule has 0 bridgehead atoms. The van der Waals surface area contributed by atoms with Crippen LogP contribution in [0.2, 0.25) is 0 Å². The molecule has 2 heterocycles. The molecule has 7 rings (SSSR count). The average Bonchev–Trinajstić information content (AvgIpc) is 3.24. The molecule has 0 saturated carbocycles. The van der Waals surface area contributed by atoms with Crippen molar-refractivity contribution in [2.24, 2.45) is 0 Å². The standard InChI is InChI=1S/C36H27N3/c1-36(2)29-15-7-6-13-27(29)34-28(14-10-16-30(34)36)33-23-32(24-11-4-3-5-12-24)38-35(39-33)26-20-18-25(19-21-26)31-17-8-9-22-37-31/h3-23H,1-2H3. The number of pyridine rings is 1. The maximum atomic E-state index is 5.17. The lowest BCUT2D eigenvalue weighted by Crippen LogP contribution is -2.14. The molecule has 6 aromatic rings. The third-order valence-electron chi connectivity index (χ3n) is 7.78. The lowest BCUT2D eigenvalue weighted by molar-refractivity contribution is 0.660. The highest BCUT2D eigenvalue weighted by Gasteiger charge is 2.36. The van der Waals surface area contributed by atoms with Crippen molar-refractivity contribution >= 4 is 0 Å². The zero-order valence-electron chi connectivity index (χ0n) is 22.0. The molecule has 0 amide bonds. The van der Waals surface area contributed by atoms with Crippen LogP contribution in [0.5, 0.6) is 0 Å². The summed E-state index contributed by atoms with van der Waals surface area (Å²) in [5.74, 6) is 0.710. The topological polar surface area (TPSA) is 38.7 Å². The molecule has 186 valence electrons. The van der Waals surface area contributed by atoms with Gasteiger partial charge in [-0.3, -0.25) is 4.98 Å². The molecule has 0 fully saturated rings. The van der Waals surface area contributed by atoms with E-state index in [0.29, 0.717) is 5.82 Å². The number of aromatic nitrogens is 3. The van der Waals surface area contributed by atoms with Crippen LogP contribution in [-0.4, -0.2) is 15.0 Å². The number of fused-ring (bicyclic) bond motifs is 3. The summed E-state index contributed by atoms with van der Waals surface area (Å²) in [5.41, 5.74) is 12.2. The third kappa shape index (κ3) is 3.95. The Balaban J connectivity index is 1.42. The molecule has 0 unspecified atom stereocenters. The Bertz CT molecular complexity index is 1810. The highest BCUT2D eigenvalue weighted by molar-refractivity contribution is 5.92. The second-order valence-electron chi connectivity index (χ2n) is 10.5. The lowest BCUT2D eigenvalue weighted by Gasteiger charge is -2.21. The van der Waals surface area contributed by atoms with Gasteiger partial charge >= 0.3 is 0 Å². The fourth-order valence-electron chi connectivity index (χ4n) is 5.76. The molecule has 0 N–H and O–H groups in total. The summed E-state index contributed by atoms with van der Waals surface area (Å²) in [7, 11) is 0. The molecule has 3 heteroatoms. The van der Waals surface area contributed by atoms with E-state index in [4.69, 9.17) is 9.97 Å². The zero-order valence-corrected chi connectivity index (χ0v) is 22.0. The van der Waals surface area contributed by atoms with Crippen molar-refractivity contribution in [2.45, 2.75) is 19.3 Å². The third-order valence-corrected chi connectivity index (χ3v) is 7.78. The first-order valence-electron chi connectivity index (χ1n) is 13.3. The minimum absolute atomic E-state index is 0.0681. The molecule has 39 heavy (non-hydrogen) atoms. The van der Waals surface area contributed by atoms with Crippen molar-refractivity contribution in [2.75, 3.05) is 0 Å². The summed E-state index contributed by atoms with van der Waals surface area (Å²) >= 11 is 0. The summed E-state index contributed by atoms with van der Waals surface area (Å²) < 4.78 is 0. The fraction of sp³-hybridized carbons (Fsp3) is 0.0833. The predicted molar refractivity (Wildman–Crippen MR) is 159 cm³/mol. The Morgan fingerprint density at radius 2 is 1.13 bits per heavy atom. The average molecular weight is 502 g/mol. The molecular weight excluding hydrogens is 474 g/mol. The van der Waals surface area contributed by atoms with Crippen LogP contribution in [0.15, 0.2) is 128 Å². The summed E-state index contributed by atoms with van der Waals surface area (Å²) in [6, 6.07) is 42.2. The molecule has 1 aliphatic carbocycles. The van der Waals surface area contributed by atoms with Gasteiger partial charge in [0.2, 0.25) is 0 Å². The predicted octanol–water partition coefficient (Wildman–Crippen LogP) is 8.85. The van der Waals surface area contributed by atoms with E-state index < -0.39 is 0 Å². The van der Waals surface area contributed by atoms with E-state index in [0.717, 1.165) is 39.3 Å². The van der Waals surface area contributed by atoms with Crippen LogP contribution < -0.4 is 0 Å². The van der Waals surface area contributed by atoms with Gasteiger partial charge in [-0.1, -0.05) is 117 Å². The van der Waals surface area contributed by atoms with E-state index in [1.807, 2.05) is 30.5 Å². The molecule has 1 aliphatic rings. The molecular formula is C36H27N3. The van der Waals surface area contributed by atoms with Gasteiger partial charge in [0.1, 0.15) is 0 Å². The Hall–Kier alpha value is -4.89. The fourth-order valence-corrected chi connectivity index (χ4v) is 5.76. The first-order valence-corrected chi connectivity index (χ1v) is 13.3. The van der Waals surface area contributed by atoms with Crippen molar-refractivity contribution in [1.29, 1.82) is 0 Å². The maximum Gasteiger partial charge on any atom is 0.160 e. The largest absolute Gasteiger partial charge is 0.256 e. The zero-order chi connectivity index (χ0) is 26.4. The lowest BCUT2D eigenvalue weighted by atomic mass is 9.82. The van der Waals surface area contributed by atoms with E-state index in [9.17, 15) is 0 Å². The van der Waals surface area contributed by atoms with Crippen molar-refractivity contribution in [3.63, 3.8) is 0 Å². The van der Waals surface area contributed by atoms with Gasteiger partial charge in [0.25, 0.3) is 0 Å². The van der Waals surface area contributed by atoms with Gasteiger partial charge in [0, 0.05) is 33.9 Å². The molecule has 0 spiro atoms. The van der Waals surface area contributed by atoms with Gasteiger partial charge < -0.3 is 0 Å². The van der Waals surface area contributed by atoms with Gasteiger partial charge in [0.15, 0.2) is 5.82 Å². The highest BCUT2D eigenvalue weighted by atomic mass is 14.9. The number of rotatable bonds is 4. The first-order chi connectivity index (χ1) is 19.1. The minimum atomic E-state index is -0.0681. The Morgan fingerprint density at radius 3 is 1.92 bits per heavy atom. The Kier molecular flexibility index (Phi) is 5.45. The Morgan fingerprint density at radius 1 is 0.487 bits per heavy atom. The smallest absolute Gasteiger partial charge is 0.160 e. The molecule has 3 nitrogen and oxygen atoms in total. The van der Waals surface area contributed by atoms with E-state index in [1.165, 1.54) is 22.3 Å². The van der Waals surface area contributed by atoms with Crippen LogP contribution in [-0.2, 0) is 5.41 Å². The van der Waals surface area contributed by atoms with E-state index in [2.05, 4.69) is 116 Å².